The Morgan fingerprint density at radius 1 is 1.00 bits per heavy atom. The van der Waals surface area contributed by atoms with Crippen LogP contribution in [0.5, 0.6) is 0 Å². The van der Waals surface area contributed by atoms with Crippen LogP contribution in [0.1, 0.15) is 5.89 Å². The van der Waals surface area contributed by atoms with Gasteiger partial charge in [-0.3, -0.25) is 0 Å². The molecule has 0 saturated carbocycles. The minimum absolute atomic E-state index is 0.514. The Bertz CT molecular complexity index is 680. The molecule has 0 aliphatic rings. The summed E-state index contributed by atoms with van der Waals surface area (Å²) in [5.74, 6) is 1.19. The van der Waals surface area contributed by atoms with Gasteiger partial charge in [-0.25, -0.2) is 0 Å². The average molecular weight is 377 g/mol. The molecule has 0 saturated heterocycles. The van der Waals surface area contributed by atoms with Crippen LogP contribution in [0.15, 0.2) is 59.1 Å². The van der Waals surface area contributed by atoms with Crippen LogP contribution in [-0.2, 0) is 6.54 Å². The molecule has 100 valence electrons. The molecule has 0 bridgehead atoms. The highest BCUT2D eigenvalue weighted by Gasteiger charge is 2.07. The van der Waals surface area contributed by atoms with Gasteiger partial charge in [-0.1, -0.05) is 35.5 Å². The monoisotopic (exact) mass is 377 g/mol. The number of hydrogen-bond donors (Lipinski definition) is 1. The van der Waals surface area contributed by atoms with Gasteiger partial charge >= 0.3 is 0 Å². The van der Waals surface area contributed by atoms with Crippen molar-refractivity contribution in [3.05, 3.63) is 64.1 Å². The van der Waals surface area contributed by atoms with Crippen molar-refractivity contribution in [1.82, 2.24) is 10.1 Å². The second-order valence-electron chi connectivity index (χ2n) is 4.24. The van der Waals surface area contributed by atoms with Crippen LogP contribution in [0.3, 0.4) is 0 Å². The molecular formula is C15H12IN3O. The maximum atomic E-state index is 5.24. The number of nitrogens with one attached hydrogen (secondary N) is 1. The van der Waals surface area contributed by atoms with Gasteiger partial charge in [0.05, 0.1) is 6.54 Å². The van der Waals surface area contributed by atoms with E-state index >= 15 is 0 Å². The highest BCUT2D eigenvalue weighted by molar-refractivity contribution is 14.1. The minimum atomic E-state index is 0.514. The second-order valence-corrected chi connectivity index (χ2v) is 5.48. The predicted molar refractivity (Wildman–Crippen MR) is 86.2 cm³/mol. The fourth-order valence-electron chi connectivity index (χ4n) is 1.78. The molecule has 1 heterocycles. The van der Waals surface area contributed by atoms with Gasteiger partial charge in [0.1, 0.15) is 0 Å². The van der Waals surface area contributed by atoms with Crippen molar-refractivity contribution < 1.29 is 4.52 Å². The Kier molecular flexibility index (Phi) is 3.96. The van der Waals surface area contributed by atoms with E-state index in [0.717, 1.165) is 11.3 Å². The molecular weight excluding hydrogens is 365 g/mol. The zero-order valence-electron chi connectivity index (χ0n) is 10.6. The van der Waals surface area contributed by atoms with Crippen LogP contribution < -0.4 is 5.32 Å². The lowest BCUT2D eigenvalue weighted by Crippen LogP contribution is -1.99. The molecule has 0 radical (unpaired) electrons. The number of nitrogens with zero attached hydrogens (tertiary/aromatic N) is 2. The third kappa shape index (κ3) is 3.16. The van der Waals surface area contributed by atoms with Gasteiger partial charge in [0.25, 0.3) is 0 Å². The lowest BCUT2D eigenvalue weighted by Gasteiger charge is -2.02. The summed E-state index contributed by atoms with van der Waals surface area (Å²) in [4.78, 5) is 4.37. The number of aromatic nitrogens is 2. The molecule has 0 amide bonds. The smallest absolute Gasteiger partial charge is 0.246 e. The van der Waals surface area contributed by atoms with Crippen LogP contribution in [-0.4, -0.2) is 10.1 Å². The first-order valence-electron chi connectivity index (χ1n) is 6.19. The largest absolute Gasteiger partial charge is 0.376 e. The van der Waals surface area contributed by atoms with Gasteiger partial charge in [0.2, 0.25) is 11.7 Å². The zero-order valence-corrected chi connectivity index (χ0v) is 12.7. The molecule has 5 heteroatoms. The van der Waals surface area contributed by atoms with E-state index in [0.29, 0.717) is 18.3 Å². The van der Waals surface area contributed by atoms with E-state index in [4.69, 9.17) is 4.52 Å². The summed E-state index contributed by atoms with van der Waals surface area (Å²) in [6, 6.07) is 17.9. The SMILES string of the molecule is Ic1ccc(NCc2nc(-c3ccccc3)no2)cc1. The van der Waals surface area contributed by atoms with E-state index in [2.05, 4.69) is 38.0 Å². The molecule has 0 aliphatic carbocycles. The van der Waals surface area contributed by atoms with Crippen LogP contribution in [0, 0.1) is 3.57 Å². The van der Waals surface area contributed by atoms with Crippen molar-refractivity contribution in [2.45, 2.75) is 6.54 Å². The second kappa shape index (κ2) is 6.04. The molecule has 1 N–H and O–H groups in total. The van der Waals surface area contributed by atoms with Gasteiger partial charge in [0, 0.05) is 14.8 Å². The molecule has 2 aromatic carbocycles. The third-order valence-corrected chi connectivity index (χ3v) is 3.51. The lowest BCUT2D eigenvalue weighted by molar-refractivity contribution is 0.384. The molecule has 0 aliphatic heterocycles. The number of rotatable bonds is 4. The fraction of sp³-hybridized carbons (Fsp3) is 0.0667. The van der Waals surface area contributed by atoms with Crippen molar-refractivity contribution in [1.29, 1.82) is 0 Å². The number of anilines is 1. The summed E-state index contributed by atoms with van der Waals surface area (Å²) in [5.41, 5.74) is 1.99. The topological polar surface area (TPSA) is 51.0 Å². The molecule has 0 atom stereocenters. The van der Waals surface area contributed by atoms with Gasteiger partial charge in [0.15, 0.2) is 0 Å². The highest BCUT2D eigenvalue weighted by atomic mass is 127. The fourth-order valence-corrected chi connectivity index (χ4v) is 2.14. The summed E-state index contributed by atoms with van der Waals surface area (Å²) >= 11 is 2.28. The van der Waals surface area contributed by atoms with Crippen LogP contribution in [0.4, 0.5) is 5.69 Å². The van der Waals surface area contributed by atoms with E-state index in [9.17, 15) is 0 Å². The Labute approximate surface area is 130 Å². The number of hydrogen-bond acceptors (Lipinski definition) is 4. The van der Waals surface area contributed by atoms with Crippen LogP contribution >= 0.6 is 22.6 Å². The lowest BCUT2D eigenvalue weighted by atomic mass is 10.2. The molecule has 20 heavy (non-hydrogen) atoms. The molecule has 0 unspecified atom stereocenters. The normalized spacial score (nSPS) is 10.4. The quantitative estimate of drug-likeness (QED) is 0.700. The predicted octanol–water partition coefficient (Wildman–Crippen LogP) is 3.95. The van der Waals surface area contributed by atoms with Gasteiger partial charge in [-0.2, -0.15) is 4.98 Å². The van der Waals surface area contributed by atoms with Crippen molar-refractivity contribution >= 4 is 28.3 Å². The standard InChI is InChI=1S/C15H12IN3O/c16-12-6-8-13(9-7-12)17-10-14-18-15(19-20-14)11-4-2-1-3-5-11/h1-9,17H,10H2. The minimum Gasteiger partial charge on any atom is -0.376 e. The first-order valence-corrected chi connectivity index (χ1v) is 7.26. The van der Waals surface area contributed by atoms with Crippen LogP contribution in [0.2, 0.25) is 0 Å². The summed E-state index contributed by atoms with van der Waals surface area (Å²) in [7, 11) is 0. The first kappa shape index (κ1) is 13.1. The van der Waals surface area contributed by atoms with E-state index in [1.54, 1.807) is 0 Å². The Balaban J connectivity index is 1.67. The number of benzene rings is 2. The molecule has 1 aromatic heterocycles. The summed E-state index contributed by atoms with van der Waals surface area (Å²) in [6.07, 6.45) is 0. The Morgan fingerprint density at radius 3 is 2.50 bits per heavy atom. The Hall–Kier alpha value is -1.89. The highest BCUT2D eigenvalue weighted by Crippen LogP contribution is 2.16. The number of halogens is 1. The zero-order chi connectivity index (χ0) is 13.8. The van der Waals surface area contributed by atoms with Crippen LogP contribution in [0.25, 0.3) is 11.4 Å². The molecule has 0 spiro atoms. The van der Waals surface area contributed by atoms with Crippen molar-refractivity contribution in [2.24, 2.45) is 0 Å². The van der Waals surface area contributed by atoms with E-state index < -0.39 is 0 Å². The maximum Gasteiger partial charge on any atom is 0.246 e. The van der Waals surface area contributed by atoms with E-state index in [1.807, 2.05) is 54.6 Å². The van der Waals surface area contributed by atoms with Crippen molar-refractivity contribution in [3.8, 4) is 11.4 Å². The molecule has 3 rings (SSSR count). The van der Waals surface area contributed by atoms with Gasteiger partial charge in [-0.15, -0.1) is 0 Å². The Morgan fingerprint density at radius 2 is 1.75 bits per heavy atom. The molecule has 4 nitrogen and oxygen atoms in total. The maximum absolute atomic E-state index is 5.24. The van der Waals surface area contributed by atoms with E-state index in [-0.39, 0.29) is 0 Å². The van der Waals surface area contributed by atoms with Crippen molar-refractivity contribution in [3.63, 3.8) is 0 Å². The summed E-state index contributed by atoms with van der Waals surface area (Å²) < 4.78 is 6.45. The molecule has 3 aromatic rings. The van der Waals surface area contributed by atoms with Crippen molar-refractivity contribution in [2.75, 3.05) is 5.32 Å². The summed E-state index contributed by atoms with van der Waals surface area (Å²) in [5, 5.41) is 7.24. The summed E-state index contributed by atoms with van der Waals surface area (Å²) in [6.45, 7) is 0.514. The van der Waals surface area contributed by atoms with Gasteiger partial charge < -0.3 is 9.84 Å². The first-order chi connectivity index (χ1) is 9.81. The van der Waals surface area contributed by atoms with Gasteiger partial charge in [-0.05, 0) is 46.9 Å². The average Bonchev–Trinajstić information content (AvgIpc) is 2.97. The molecule has 0 fully saturated rings. The van der Waals surface area contributed by atoms with E-state index in [1.165, 1.54) is 3.57 Å². The third-order valence-electron chi connectivity index (χ3n) is 2.79.